The molecule has 0 aliphatic carbocycles. The molecule has 1 amide bonds. The number of benzene rings is 1. The minimum Gasteiger partial charge on any atom is -0.496 e. The third-order valence-electron chi connectivity index (χ3n) is 8.12. The number of nitrogens with zero attached hydrogens (tertiary/aromatic N) is 2. The molecule has 226 valence electrons. The van der Waals surface area contributed by atoms with E-state index in [9.17, 15) is 19.5 Å². The summed E-state index contributed by atoms with van der Waals surface area (Å²) in [6, 6.07) is 6.54. The van der Waals surface area contributed by atoms with Crippen LogP contribution in [-0.4, -0.2) is 62.8 Å². The van der Waals surface area contributed by atoms with Crippen LogP contribution in [0, 0.1) is 5.41 Å². The quantitative estimate of drug-likeness (QED) is 0.144. The topological polar surface area (TPSA) is 162 Å². The molecule has 5 N–H and O–H groups in total. The molecular formula is C31H42N6O5. The summed E-state index contributed by atoms with van der Waals surface area (Å²) in [5.41, 5.74) is 0.845. The van der Waals surface area contributed by atoms with Crippen molar-refractivity contribution in [2.45, 2.75) is 76.4 Å². The van der Waals surface area contributed by atoms with Crippen LogP contribution in [0.25, 0.3) is 22.2 Å². The number of aromatic amines is 1. The first kappa shape index (κ1) is 31.1. The summed E-state index contributed by atoms with van der Waals surface area (Å²) >= 11 is 0. The Bertz CT molecular complexity index is 1490. The number of rotatable bonds is 14. The predicted molar refractivity (Wildman–Crippen MR) is 162 cm³/mol. The van der Waals surface area contributed by atoms with Gasteiger partial charge in [-0.05, 0) is 56.3 Å². The van der Waals surface area contributed by atoms with E-state index >= 15 is 0 Å². The molecule has 1 saturated heterocycles. The number of H-pyrrole nitrogens is 1. The molecule has 11 nitrogen and oxygen atoms in total. The van der Waals surface area contributed by atoms with E-state index in [1.54, 1.807) is 31.0 Å². The summed E-state index contributed by atoms with van der Waals surface area (Å²) in [5, 5.41) is 26.3. The number of piperidine rings is 1. The molecular weight excluding hydrogens is 536 g/mol. The van der Waals surface area contributed by atoms with Crippen LogP contribution in [0.1, 0.15) is 76.6 Å². The summed E-state index contributed by atoms with van der Waals surface area (Å²) in [7, 11) is 3.28. The Morgan fingerprint density at radius 3 is 2.69 bits per heavy atom. The molecule has 1 atom stereocenters. The number of carbonyl (C=O) groups excluding carboxylic acids is 2. The molecule has 11 heteroatoms. The van der Waals surface area contributed by atoms with Gasteiger partial charge in [0.15, 0.2) is 0 Å². The Morgan fingerprint density at radius 1 is 1.21 bits per heavy atom. The average Bonchev–Trinajstić information content (AvgIpc) is 3.47. The van der Waals surface area contributed by atoms with Crippen molar-refractivity contribution in [1.82, 2.24) is 25.2 Å². The highest BCUT2D eigenvalue weighted by atomic mass is 16.5. The van der Waals surface area contributed by atoms with Crippen molar-refractivity contribution in [3.8, 4) is 17.0 Å². The number of imidazole rings is 1. The lowest BCUT2D eigenvalue weighted by atomic mass is 9.87. The molecule has 3 heterocycles. The van der Waals surface area contributed by atoms with Gasteiger partial charge in [0.05, 0.1) is 41.9 Å². The van der Waals surface area contributed by atoms with Gasteiger partial charge in [-0.1, -0.05) is 19.8 Å². The standard InChI is InChI=1S/C31H42N6O5/c1-4-21(38)8-6-5-7-9-24(36-30(40)23(32)18-31(41)12-14-33-15-13-31)29-34-19-25(35-29)22-16-20-10-11-28(39)37(2)26(20)17-27(22)42-3/h10-11,16-17,19,24,32-33,41H,4-9,12-15,18H2,1-3H3,(H,34,35)(H,36,40)/t24-/m0/s1. The van der Waals surface area contributed by atoms with Crippen LogP contribution in [0.2, 0.25) is 0 Å². The molecule has 4 rings (SSSR count). The Morgan fingerprint density at radius 2 is 1.98 bits per heavy atom. The van der Waals surface area contributed by atoms with E-state index in [1.165, 1.54) is 6.07 Å². The molecule has 1 aromatic carbocycles. The highest BCUT2D eigenvalue weighted by molar-refractivity contribution is 6.37. The van der Waals surface area contributed by atoms with Gasteiger partial charge < -0.3 is 30.0 Å². The van der Waals surface area contributed by atoms with Crippen LogP contribution in [0.15, 0.2) is 35.3 Å². The smallest absolute Gasteiger partial charge is 0.265 e. The van der Waals surface area contributed by atoms with Gasteiger partial charge in [-0.15, -0.1) is 0 Å². The number of fused-ring (bicyclic) bond motifs is 1. The van der Waals surface area contributed by atoms with Gasteiger partial charge in [0.1, 0.15) is 17.4 Å². The normalized spacial score (nSPS) is 15.3. The van der Waals surface area contributed by atoms with Crippen molar-refractivity contribution in [1.29, 1.82) is 5.41 Å². The number of pyridine rings is 1. The molecule has 0 radical (unpaired) electrons. The number of carbonyl (C=O) groups is 2. The van der Waals surface area contributed by atoms with E-state index < -0.39 is 17.6 Å². The average molecular weight is 579 g/mol. The number of aryl methyl sites for hydroxylation is 1. The lowest BCUT2D eigenvalue weighted by Gasteiger charge is -2.32. The number of hydrogen-bond acceptors (Lipinski definition) is 8. The molecule has 1 aliphatic rings. The summed E-state index contributed by atoms with van der Waals surface area (Å²) in [6.45, 7) is 3.17. The minimum atomic E-state index is -1.06. The van der Waals surface area contributed by atoms with Gasteiger partial charge in [0.25, 0.3) is 11.5 Å². The van der Waals surface area contributed by atoms with Crippen LogP contribution in [-0.2, 0) is 16.6 Å². The van der Waals surface area contributed by atoms with E-state index in [1.807, 2.05) is 19.1 Å². The van der Waals surface area contributed by atoms with E-state index in [-0.39, 0.29) is 23.5 Å². The van der Waals surface area contributed by atoms with Crippen molar-refractivity contribution >= 4 is 28.3 Å². The number of amides is 1. The third kappa shape index (κ3) is 7.51. The molecule has 0 unspecified atom stereocenters. The highest BCUT2D eigenvalue weighted by Crippen LogP contribution is 2.34. The lowest BCUT2D eigenvalue weighted by molar-refractivity contribution is -0.119. The molecule has 1 aliphatic heterocycles. The number of methoxy groups -OCH3 is 1. The molecule has 0 spiro atoms. The maximum atomic E-state index is 13.1. The lowest BCUT2D eigenvalue weighted by Crippen LogP contribution is -2.45. The first-order valence-corrected chi connectivity index (χ1v) is 14.7. The number of hydrogen-bond donors (Lipinski definition) is 5. The monoisotopic (exact) mass is 578 g/mol. The second-order valence-electron chi connectivity index (χ2n) is 11.2. The van der Waals surface area contributed by atoms with Crippen molar-refractivity contribution in [3.05, 3.63) is 46.6 Å². The number of ketones is 1. The van der Waals surface area contributed by atoms with Gasteiger partial charge in [-0.25, -0.2) is 4.98 Å². The zero-order valence-electron chi connectivity index (χ0n) is 24.7. The number of ether oxygens (including phenoxy) is 1. The zero-order valence-corrected chi connectivity index (χ0v) is 24.7. The van der Waals surface area contributed by atoms with Crippen LogP contribution in [0.5, 0.6) is 5.75 Å². The van der Waals surface area contributed by atoms with E-state index in [0.717, 1.165) is 35.7 Å². The van der Waals surface area contributed by atoms with Crippen molar-refractivity contribution in [2.24, 2.45) is 7.05 Å². The van der Waals surface area contributed by atoms with E-state index in [4.69, 9.17) is 10.1 Å². The van der Waals surface area contributed by atoms with Gasteiger partial charge in [0.2, 0.25) is 0 Å². The fourth-order valence-corrected chi connectivity index (χ4v) is 5.46. The first-order valence-electron chi connectivity index (χ1n) is 14.7. The van der Waals surface area contributed by atoms with E-state index in [2.05, 4.69) is 20.6 Å². The fourth-order valence-electron chi connectivity index (χ4n) is 5.46. The highest BCUT2D eigenvalue weighted by Gasteiger charge is 2.33. The number of nitrogens with one attached hydrogen (secondary N) is 4. The summed E-state index contributed by atoms with van der Waals surface area (Å²) in [5.74, 6) is 0.815. The Balaban J connectivity index is 1.55. The molecule has 1 fully saturated rings. The first-order chi connectivity index (χ1) is 20.1. The zero-order chi connectivity index (χ0) is 30.3. The molecule has 42 heavy (non-hydrogen) atoms. The number of aromatic nitrogens is 3. The van der Waals surface area contributed by atoms with E-state index in [0.29, 0.717) is 62.5 Å². The van der Waals surface area contributed by atoms with Gasteiger partial charge >= 0.3 is 0 Å². The molecule has 0 bridgehead atoms. The van der Waals surface area contributed by atoms with Gasteiger partial charge in [0, 0.05) is 44.0 Å². The third-order valence-corrected chi connectivity index (χ3v) is 8.12. The number of unbranched alkanes of at least 4 members (excludes halogenated alkanes) is 2. The van der Waals surface area contributed by atoms with Crippen LogP contribution in [0.3, 0.4) is 0 Å². The Labute approximate surface area is 245 Å². The number of Topliss-reactive ketones (excluding diaryl/α,β-unsaturated/α-hetero) is 1. The predicted octanol–water partition coefficient (Wildman–Crippen LogP) is 3.55. The van der Waals surface area contributed by atoms with Crippen LogP contribution < -0.4 is 20.9 Å². The summed E-state index contributed by atoms with van der Waals surface area (Å²) in [4.78, 5) is 44.9. The SMILES string of the molecule is CCC(=O)CCCCC[C@H](NC(=O)C(=N)CC1(O)CCNCC1)c1ncc(-c2cc3ccc(=O)n(C)c3cc2OC)[nH]1. The van der Waals surface area contributed by atoms with Crippen LogP contribution in [0.4, 0.5) is 0 Å². The largest absolute Gasteiger partial charge is 0.496 e. The van der Waals surface area contributed by atoms with Gasteiger partial charge in [-0.3, -0.25) is 19.8 Å². The van der Waals surface area contributed by atoms with Crippen molar-refractivity contribution in [3.63, 3.8) is 0 Å². The fraction of sp³-hybridized carbons (Fsp3) is 0.516. The summed E-state index contributed by atoms with van der Waals surface area (Å²) in [6.07, 6.45) is 6.67. The molecule has 0 saturated carbocycles. The van der Waals surface area contributed by atoms with Gasteiger partial charge in [-0.2, -0.15) is 0 Å². The second kappa shape index (κ2) is 13.9. The maximum Gasteiger partial charge on any atom is 0.265 e. The molecule has 2 aromatic heterocycles. The maximum absolute atomic E-state index is 13.1. The Hall–Kier alpha value is -3.83. The second-order valence-corrected chi connectivity index (χ2v) is 11.2. The Kier molecular flexibility index (Phi) is 10.3. The summed E-state index contributed by atoms with van der Waals surface area (Å²) < 4.78 is 7.22. The molecule has 3 aromatic rings. The minimum absolute atomic E-state index is 0.00738. The van der Waals surface area contributed by atoms with Crippen LogP contribution >= 0.6 is 0 Å². The number of aliphatic hydroxyl groups is 1. The van der Waals surface area contributed by atoms with Crippen molar-refractivity contribution < 1.29 is 19.4 Å². The van der Waals surface area contributed by atoms with Crippen molar-refractivity contribution in [2.75, 3.05) is 20.2 Å².